The summed E-state index contributed by atoms with van der Waals surface area (Å²) in [5.41, 5.74) is -3.27. The van der Waals surface area contributed by atoms with Gasteiger partial charge in [-0.2, -0.15) is 0 Å². The minimum absolute atomic E-state index is 0.0421. The molecule has 0 radical (unpaired) electrons. The van der Waals surface area contributed by atoms with Gasteiger partial charge in [-0.1, -0.05) is 13.2 Å². The number of aliphatic hydroxyl groups is 1. The van der Waals surface area contributed by atoms with Gasteiger partial charge in [-0.05, 0) is 33.3 Å². The Labute approximate surface area is 151 Å². The molecule has 3 saturated heterocycles. The van der Waals surface area contributed by atoms with Crippen LogP contribution in [-0.2, 0) is 28.5 Å². The lowest BCUT2D eigenvalue weighted by Gasteiger charge is -2.42. The molecule has 4 aliphatic heterocycles. The van der Waals surface area contributed by atoms with Gasteiger partial charge < -0.3 is 24.1 Å². The lowest BCUT2D eigenvalue weighted by Crippen LogP contribution is -2.55. The number of hydrogen-bond acceptors (Lipinski definition) is 7. The summed E-state index contributed by atoms with van der Waals surface area (Å²) in [7, 11) is 0. The molecule has 1 spiro atoms. The maximum atomic E-state index is 12.3. The van der Waals surface area contributed by atoms with Crippen molar-refractivity contribution in [2.45, 2.75) is 68.7 Å². The van der Waals surface area contributed by atoms with Crippen LogP contribution >= 0.6 is 0 Å². The summed E-state index contributed by atoms with van der Waals surface area (Å²) in [6.07, 6.45) is 1.71. The van der Waals surface area contributed by atoms with Crippen molar-refractivity contribution in [3.63, 3.8) is 0 Å². The SMILES string of the molecule is C=C(C)C(=O)OC1CC2(C)OC13C(=C)C(=O)OC3=CC1(C)CCC2(O)O1. The smallest absolute Gasteiger partial charge is 0.342 e. The maximum absolute atomic E-state index is 12.3. The second kappa shape index (κ2) is 4.85. The van der Waals surface area contributed by atoms with Crippen molar-refractivity contribution in [2.75, 3.05) is 0 Å². The Morgan fingerprint density at radius 1 is 1.35 bits per heavy atom. The summed E-state index contributed by atoms with van der Waals surface area (Å²) in [5, 5.41) is 11.2. The van der Waals surface area contributed by atoms with Crippen molar-refractivity contribution < 1.29 is 33.6 Å². The molecule has 0 aromatic carbocycles. The summed E-state index contributed by atoms with van der Waals surface area (Å²) in [4.78, 5) is 24.5. The minimum atomic E-state index is -1.59. The van der Waals surface area contributed by atoms with Gasteiger partial charge in [0.25, 0.3) is 0 Å². The van der Waals surface area contributed by atoms with E-state index in [0.29, 0.717) is 12.8 Å². The molecule has 140 valence electrons. The Balaban J connectivity index is 1.91. The average molecular weight is 362 g/mol. The number of ether oxygens (including phenoxy) is 4. The van der Waals surface area contributed by atoms with E-state index in [-0.39, 0.29) is 23.3 Å². The zero-order valence-electron chi connectivity index (χ0n) is 15.1. The van der Waals surface area contributed by atoms with E-state index >= 15 is 0 Å². The van der Waals surface area contributed by atoms with Gasteiger partial charge in [-0.15, -0.1) is 0 Å². The molecule has 26 heavy (non-hydrogen) atoms. The van der Waals surface area contributed by atoms with Gasteiger partial charge in [0, 0.05) is 18.4 Å². The van der Waals surface area contributed by atoms with Crippen LogP contribution in [0.3, 0.4) is 0 Å². The fourth-order valence-electron chi connectivity index (χ4n) is 4.35. The Morgan fingerprint density at radius 3 is 2.69 bits per heavy atom. The molecule has 4 aliphatic rings. The molecule has 0 aliphatic carbocycles. The summed E-state index contributed by atoms with van der Waals surface area (Å²) < 4.78 is 23.3. The van der Waals surface area contributed by atoms with Gasteiger partial charge in [-0.3, -0.25) is 0 Å². The molecule has 0 amide bonds. The second-order valence-corrected chi connectivity index (χ2v) is 8.02. The summed E-state index contributed by atoms with van der Waals surface area (Å²) in [6.45, 7) is 12.5. The van der Waals surface area contributed by atoms with Gasteiger partial charge in [0.2, 0.25) is 0 Å². The van der Waals surface area contributed by atoms with Crippen LogP contribution in [0, 0.1) is 0 Å². The second-order valence-electron chi connectivity index (χ2n) is 8.02. The Bertz CT molecular complexity index is 798. The quantitative estimate of drug-likeness (QED) is 0.590. The van der Waals surface area contributed by atoms with Crippen LogP contribution in [0.15, 0.2) is 36.1 Å². The first-order valence-electron chi connectivity index (χ1n) is 8.59. The van der Waals surface area contributed by atoms with Gasteiger partial charge in [0.1, 0.15) is 17.5 Å². The van der Waals surface area contributed by atoms with Crippen LogP contribution in [0.4, 0.5) is 0 Å². The molecule has 4 heterocycles. The van der Waals surface area contributed by atoms with Gasteiger partial charge in [0.15, 0.2) is 11.4 Å². The van der Waals surface area contributed by atoms with Crippen molar-refractivity contribution in [2.24, 2.45) is 0 Å². The average Bonchev–Trinajstić information content (AvgIpc) is 3.10. The first kappa shape index (κ1) is 17.5. The van der Waals surface area contributed by atoms with Crippen LogP contribution in [0.2, 0.25) is 0 Å². The molecular formula is C19H22O7. The van der Waals surface area contributed by atoms with Gasteiger partial charge >= 0.3 is 11.9 Å². The topological polar surface area (TPSA) is 91.3 Å². The number of fused-ring (bicyclic) bond motifs is 4. The van der Waals surface area contributed by atoms with Crippen LogP contribution in [-0.4, -0.2) is 45.7 Å². The third kappa shape index (κ3) is 1.99. The molecule has 1 N–H and O–H groups in total. The van der Waals surface area contributed by atoms with Crippen LogP contribution < -0.4 is 0 Å². The number of hydrogen-bond donors (Lipinski definition) is 1. The molecule has 3 fully saturated rings. The highest BCUT2D eigenvalue weighted by Gasteiger charge is 2.73. The lowest BCUT2D eigenvalue weighted by atomic mass is 9.82. The zero-order valence-corrected chi connectivity index (χ0v) is 15.1. The van der Waals surface area contributed by atoms with E-state index in [0.717, 1.165) is 0 Å². The van der Waals surface area contributed by atoms with E-state index < -0.39 is 40.6 Å². The third-order valence-corrected chi connectivity index (χ3v) is 5.90. The van der Waals surface area contributed by atoms with Crippen molar-refractivity contribution in [3.8, 4) is 0 Å². The summed E-state index contributed by atoms with van der Waals surface area (Å²) in [5.74, 6) is -2.66. The first-order valence-corrected chi connectivity index (χ1v) is 8.59. The summed E-state index contributed by atoms with van der Waals surface area (Å²) in [6, 6.07) is 0. The molecular weight excluding hydrogens is 340 g/mol. The normalized spacial score (nSPS) is 46.2. The third-order valence-electron chi connectivity index (χ3n) is 5.90. The molecule has 0 aromatic heterocycles. The highest BCUT2D eigenvalue weighted by molar-refractivity contribution is 5.96. The van der Waals surface area contributed by atoms with Gasteiger partial charge in [0.05, 0.1) is 11.2 Å². The molecule has 5 atom stereocenters. The molecule has 4 rings (SSSR count). The highest BCUT2D eigenvalue weighted by atomic mass is 16.7. The molecule has 5 unspecified atom stereocenters. The van der Waals surface area contributed by atoms with E-state index in [1.807, 2.05) is 6.92 Å². The van der Waals surface area contributed by atoms with Crippen LogP contribution in [0.25, 0.3) is 0 Å². The number of esters is 2. The van der Waals surface area contributed by atoms with E-state index in [2.05, 4.69) is 13.2 Å². The number of rotatable bonds is 2. The lowest BCUT2D eigenvalue weighted by molar-refractivity contribution is -0.309. The summed E-state index contributed by atoms with van der Waals surface area (Å²) >= 11 is 0. The van der Waals surface area contributed by atoms with Crippen molar-refractivity contribution in [1.82, 2.24) is 0 Å². The monoisotopic (exact) mass is 362 g/mol. The van der Waals surface area contributed by atoms with E-state index in [4.69, 9.17) is 18.9 Å². The van der Waals surface area contributed by atoms with Crippen molar-refractivity contribution in [3.05, 3.63) is 36.1 Å². The molecule has 0 saturated carbocycles. The van der Waals surface area contributed by atoms with Crippen LogP contribution in [0.1, 0.15) is 40.0 Å². The molecule has 0 aromatic rings. The van der Waals surface area contributed by atoms with Crippen LogP contribution in [0.5, 0.6) is 0 Å². The number of carbonyl (C=O) groups is 2. The van der Waals surface area contributed by atoms with E-state index in [9.17, 15) is 14.7 Å². The number of carbonyl (C=O) groups excluding carboxylic acids is 2. The van der Waals surface area contributed by atoms with Gasteiger partial charge in [-0.25, -0.2) is 9.59 Å². The fraction of sp³-hybridized carbons (Fsp3) is 0.579. The highest BCUT2D eigenvalue weighted by Crippen LogP contribution is 2.60. The van der Waals surface area contributed by atoms with Crippen molar-refractivity contribution >= 4 is 11.9 Å². The molecule has 7 nitrogen and oxygen atoms in total. The Hall–Kier alpha value is -1.96. The standard InChI is InChI=1S/C19H22O7/c1-10(2)14(20)23-13-9-17(5)18(22)7-6-16(4,25-18)8-12-19(13,26-17)11(3)15(21)24-12/h8,13,22H,1,3,6-7,9H2,2,4-5H3. The largest absolute Gasteiger partial charge is 0.455 e. The van der Waals surface area contributed by atoms with E-state index in [1.165, 1.54) is 6.92 Å². The first-order chi connectivity index (χ1) is 11.9. The van der Waals surface area contributed by atoms with Crippen molar-refractivity contribution in [1.29, 1.82) is 0 Å². The Kier molecular flexibility index (Phi) is 3.26. The van der Waals surface area contributed by atoms with E-state index in [1.54, 1.807) is 13.0 Å². The fourth-order valence-corrected chi connectivity index (χ4v) is 4.35. The zero-order chi connectivity index (χ0) is 19.1. The predicted octanol–water partition coefficient (Wildman–Crippen LogP) is 1.66. The predicted molar refractivity (Wildman–Crippen MR) is 88.5 cm³/mol. The molecule has 7 heteroatoms. The maximum Gasteiger partial charge on any atom is 0.342 e. The molecule has 4 bridgehead atoms. The Morgan fingerprint density at radius 2 is 2.04 bits per heavy atom. The minimum Gasteiger partial charge on any atom is -0.455 e.